The molecule has 2 amide bonds. The average molecular weight is 535 g/mol. The Hall–Kier alpha value is -3.36. The molecule has 38 heavy (non-hydrogen) atoms. The van der Waals surface area contributed by atoms with Crippen LogP contribution in [0.15, 0.2) is 60.0 Å². The smallest absolute Gasteiger partial charge is 0.254 e. The number of nitrogens with zero attached hydrogens (tertiary/aromatic N) is 2. The summed E-state index contributed by atoms with van der Waals surface area (Å²) in [5.41, 5.74) is 2.79. The minimum absolute atomic E-state index is 0.00169. The summed E-state index contributed by atoms with van der Waals surface area (Å²) in [6, 6.07) is 16.8. The third-order valence-electron chi connectivity index (χ3n) is 7.22. The molecule has 2 aliphatic heterocycles. The Morgan fingerprint density at radius 1 is 1.13 bits per heavy atom. The molecule has 0 spiro atoms. The lowest BCUT2D eigenvalue weighted by Gasteiger charge is -2.37. The summed E-state index contributed by atoms with van der Waals surface area (Å²) in [6.45, 7) is 4.00. The number of carbonyl (C=O) groups is 2. The fraction of sp³-hybridized carbons (Fsp3) is 0.400. The van der Waals surface area contributed by atoms with Crippen molar-refractivity contribution in [1.29, 1.82) is 0 Å². The van der Waals surface area contributed by atoms with E-state index in [0.717, 1.165) is 36.1 Å². The number of amides is 2. The fourth-order valence-electron chi connectivity index (χ4n) is 5.13. The van der Waals surface area contributed by atoms with E-state index in [9.17, 15) is 9.59 Å². The van der Waals surface area contributed by atoms with Gasteiger partial charge in [0.1, 0.15) is 24.7 Å². The highest BCUT2D eigenvalue weighted by Gasteiger charge is 2.34. The second kappa shape index (κ2) is 12.0. The molecule has 3 aromatic rings. The molecule has 8 heteroatoms. The van der Waals surface area contributed by atoms with Crippen molar-refractivity contribution in [2.75, 3.05) is 40.0 Å². The maximum absolute atomic E-state index is 13.8. The van der Waals surface area contributed by atoms with Gasteiger partial charge in [-0.15, -0.1) is 11.3 Å². The molecule has 0 N–H and O–H groups in total. The maximum atomic E-state index is 13.8. The van der Waals surface area contributed by atoms with Crippen LogP contribution in [0.4, 0.5) is 0 Å². The van der Waals surface area contributed by atoms with Crippen molar-refractivity contribution in [1.82, 2.24) is 9.80 Å². The Morgan fingerprint density at radius 2 is 1.95 bits per heavy atom. The second-order valence-electron chi connectivity index (χ2n) is 9.83. The van der Waals surface area contributed by atoms with Crippen molar-refractivity contribution in [3.63, 3.8) is 0 Å². The number of aryl methyl sites for hydroxylation is 1. The van der Waals surface area contributed by atoms with Gasteiger partial charge in [-0.25, -0.2) is 0 Å². The van der Waals surface area contributed by atoms with Crippen molar-refractivity contribution >= 4 is 23.2 Å². The predicted molar refractivity (Wildman–Crippen MR) is 147 cm³/mol. The molecular weight excluding hydrogens is 500 g/mol. The standard InChI is InChI=1S/C30H34N2O5S/c1-21-8-10-22(11-9-21)30(34)31(18-25-7-4-15-36-25)19-29(33)32-14-12-28-26(13-16-38-28)27(32)20-37-24-6-3-5-23(17-24)35-2/h3,5-6,8-11,13,16-17,25,27H,4,7,12,14-15,18-20H2,1-2H3/t25-,27+/m0/s1. The molecule has 2 atom stereocenters. The Balaban J connectivity index is 1.35. The third kappa shape index (κ3) is 6.03. The van der Waals surface area contributed by atoms with E-state index in [1.807, 2.05) is 60.4 Å². The molecule has 5 rings (SSSR count). The van der Waals surface area contributed by atoms with Crippen LogP contribution in [0.5, 0.6) is 11.5 Å². The highest BCUT2D eigenvalue weighted by molar-refractivity contribution is 7.10. The molecule has 0 radical (unpaired) electrons. The molecule has 3 heterocycles. The summed E-state index contributed by atoms with van der Waals surface area (Å²) in [4.78, 5) is 32.2. The van der Waals surface area contributed by atoms with Crippen LogP contribution in [0, 0.1) is 6.92 Å². The van der Waals surface area contributed by atoms with E-state index in [1.54, 1.807) is 23.3 Å². The van der Waals surface area contributed by atoms with Gasteiger partial charge in [-0.05, 0) is 67.5 Å². The third-order valence-corrected chi connectivity index (χ3v) is 8.22. The molecule has 0 saturated carbocycles. The SMILES string of the molecule is COc1cccc(OC[C@@H]2c3ccsc3CCN2C(=O)CN(C[C@@H]2CCCO2)C(=O)c2ccc(C)cc2)c1. The van der Waals surface area contributed by atoms with Gasteiger partial charge < -0.3 is 24.0 Å². The summed E-state index contributed by atoms with van der Waals surface area (Å²) in [7, 11) is 1.62. The molecule has 0 unspecified atom stereocenters. The first-order valence-electron chi connectivity index (χ1n) is 13.1. The number of carbonyl (C=O) groups excluding carboxylic acids is 2. The molecule has 7 nitrogen and oxygen atoms in total. The zero-order valence-corrected chi connectivity index (χ0v) is 22.7. The van der Waals surface area contributed by atoms with Crippen LogP contribution in [0.1, 0.15) is 45.2 Å². The van der Waals surface area contributed by atoms with Crippen molar-refractivity contribution < 1.29 is 23.8 Å². The minimum atomic E-state index is -0.234. The van der Waals surface area contributed by atoms with Gasteiger partial charge in [-0.1, -0.05) is 23.8 Å². The number of rotatable bonds is 9. The van der Waals surface area contributed by atoms with Crippen LogP contribution in [0.25, 0.3) is 0 Å². The van der Waals surface area contributed by atoms with Gasteiger partial charge in [0.15, 0.2) is 0 Å². The Labute approximate surface area is 227 Å². The Morgan fingerprint density at radius 3 is 2.71 bits per heavy atom. The van der Waals surface area contributed by atoms with E-state index in [-0.39, 0.29) is 30.5 Å². The van der Waals surface area contributed by atoms with Crippen LogP contribution in [0.3, 0.4) is 0 Å². The topological polar surface area (TPSA) is 68.3 Å². The summed E-state index contributed by atoms with van der Waals surface area (Å²) in [6.07, 6.45) is 2.62. The normalized spacial score (nSPS) is 18.6. The largest absolute Gasteiger partial charge is 0.497 e. The van der Waals surface area contributed by atoms with Gasteiger partial charge >= 0.3 is 0 Å². The van der Waals surface area contributed by atoms with E-state index in [1.165, 1.54) is 4.88 Å². The van der Waals surface area contributed by atoms with Gasteiger partial charge in [-0.2, -0.15) is 0 Å². The van der Waals surface area contributed by atoms with Crippen LogP contribution in [-0.4, -0.2) is 67.7 Å². The summed E-state index contributed by atoms with van der Waals surface area (Å²) in [5.74, 6) is 1.18. The first-order valence-corrected chi connectivity index (χ1v) is 14.0. The number of ether oxygens (including phenoxy) is 3. The first-order chi connectivity index (χ1) is 18.5. The summed E-state index contributed by atoms with van der Waals surface area (Å²) < 4.78 is 17.3. The van der Waals surface area contributed by atoms with Gasteiger partial charge in [0, 0.05) is 36.2 Å². The molecule has 1 saturated heterocycles. The molecule has 0 bridgehead atoms. The quantitative estimate of drug-likeness (QED) is 0.391. The van der Waals surface area contributed by atoms with Crippen LogP contribution >= 0.6 is 11.3 Å². The number of methoxy groups -OCH3 is 1. The molecule has 2 aliphatic rings. The van der Waals surface area contributed by atoms with Crippen molar-refractivity contribution in [2.24, 2.45) is 0 Å². The van der Waals surface area contributed by atoms with E-state index in [0.29, 0.717) is 37.6 Å². The molecule has 1 aromatic heterocycles. The second-order valence-corrected chi connectivity index (χ2v) is 10.8. The number of thiophene rings is 1. The van der Waals surface area contributed by atoms with Crippen LogP contribution in [-0.2, 0) is 16.0 Å². The van der Waals surface area contributed by atoms with Gasteiger partial charge in [-0.3, -0.25) is 9.59 Å². The average Bonchev–Trinajstić information content (AvgIpc) is 3.64. The van der Waals surface area contributed by atoms with E-state index in [4.69, 9.17) is 14.2 Å². The summed E-state index contributed by atoms with van der Waals surface area (Å²) in [5, 5.41) is 2.07. The lowest BCUT2D eigenvalue weighted by Crippen LogP contribution is -2.49. The lowest BCUT2D eigenvalue weighted by molar-refractivity contribution is -0.135. The lowest BCUT2D eigenvalue weighted by atomic mass is 10.00. The molecule has 2 aromatic carbocycles. The van der Waals surface area contributed by atoms with Crippen molar-refractivity contribution in [3.8, 4) is 11.5 Å². The number of fused-ring (bicyclic) bond motifs is 1. The molecule has 0 aliphatic carbocycles. The monoisotopic (exact) mass is 534 g/mol. The van der Waals surface area contributed by atoms with Crippen molar-refractivity contribution in [2.45, 2.75) is 38.3 Å². The fourth-order valence-corrected chi connectivity index (χ4v) is 6.06. The van der Waals surface area contributed by atoms with E-state index in [2.05, 4.69) is 11.4 Å². The minimum Gasteiger partial charge on any atom is -0.497 e. The molecular formula is C30H34N2O5S. The number of hydrogen-bond donors (Lipinski definition) is 0. The van der Waals surface area contributed by atoms with Gasteiger partial charge in [0.2, 0.25) is 5.91 Å². The highest BCUT2D eigenvalue weighted by Crippen LogP contribution is 2.34. The van der Waals surface area contributed by atoms with Gasteiger partial charge in [0.05, 0.1) is 19.3 Å². The Kier molecular flexibility index (Phi) is 8.29. The molecule has 200 valence electrons. The number of hydrogen-bond acceptors (Lipinski definition) is 6. The first kappa shape index (κ1) is 26.3. The number of benzene rings is 2. The van der Waals surface area contributed by atoms with Crippen LogP contribution < -0.4 is 9.47 Å². The predicted octanol–water partition coefficient (Wildman–Crippen LogP) is 4.89. The highest BCUT2D eigenvalue weighted by atomic mass is 32.1. The van der Waals surface area contributed by atoms with E-state index >= 15 is 0 Å². The molecule has 1 fully saturated rings. The Bertz CT molecular complexity index is 1250. The zero-order chi connectivity index (χ0) is 26.5. The van der Waals surface area contributed by atoms with Crippen LogP contribution in [0.2, 0.25) is 0 Å². The van der Waals surface area contributed by atoms with Crippen molar-refractivity contribution in [3.05, 3.63) is 81.5 Å². The summed E-state index contributed by atoms with van der Waals surface area (Å²) >= 11 is 1.71. The van der Waals surface area contributed by atoms with Gasteiger partial charge in [0.25, 0.3) is 5.91 Å². The zero-order valence-electron chi connectivity index (χ0n) is 21.9. The maximum Gasteiger partial charge on any atom is 0.254 e. The van der Waals surface area contributed by atoms with E-state index < -0.39 is 0 Å².